The van der Waals surface area contributed by atoms with Gasteiger partial charge >= 0.3 is 5.97 Å². The summed E-state index contributed by atoms with van der Waals surface area (Å²) in [6.07, 6.45) is 3.74. The first-order valence-electron chi connectivity index (χ1n) is 18.0. The number of nitrogens with zero attached hydrogens (tertiary/aromatic N) is 2. The van der Waals surface area contributed by atoms with Gasteiger partial charge in [0.25, 0.3) is 11.8 Å². The molecule has 0 aromatic heterocycles. The van der Waals surface area contributed by atoms with Gasteiger partial charge in [-0.25, -0.2) is 0 Å². The minimum absolute atomic E-state index is 0.0125. The highest BCUT2D eigenvalue weighted by molar-refractivity contribution is 6.13. The molecular weight excluding hydrogens is 678 g/mol. The molecule has 53 heavy (non-hydrogen) atoms. The molecule has 4 aliphatic rings. The molecule has 6 atom stereocenters. The summed E-state index contributed by atoms with van der Waals surface area (Å²) in [5.41, 5.74) is 4.57. The topological polar surface area (TPSA) is 163 Å². The number of likely N-dealkylation sites (tertiary alicyclic amines) is 1. The van der Waals surface area contributed by atoms with Crippen molar-refractivity contribution in [1.29, 1.82) is 0 Å². The standard InChI is InChI=1S/C41H43N3O9/c1-23-13-15-25(16-14-23)42-44-38(49)30-22-29-27(17-18-28-34(29)39(50)43(37(28)48)19-9-5-8-12-33(46)47)36(35-31(45)20-26(52-2)21-32(35)53-3)41(30,40(44)51)24-10-6-4-7-11-24/h4,6-7,10-11,13-17,20-21,28-30,34,36,42,45H,5,8-9,12,18-19,22H2,1-3H3,(H,46,47)/t28-,29+,30-,34-,36+,41+/m0/s1. The number of rotatable bonds is 12. The minimum Gasteiger partial charge on any atom is -0.507 e. The van der Waals surface area contributed by atoms with Crippen LogP contribution in [0.3, 0.4) is 0 Å². The average molecular weight is 722 g/mol. The lowest BCUT2D eigenvalue weighted by molar-refractivity contribution is -0.141. The van der Waals surface area contributed by atoms with E-state index in [1.807, 2.05) is 55.5 Å². The Morgan fingerprint density at radius 2 is 1.64 bits per heavy atom. The van der Waals surface area contributed by atoms with Crippen LogP contribution >= 0.6 is 0 Å². The second-order valence-electron chi connectivity index (χ2n) is 14.4. The maximum Gasteiger partial charge on any atom is 0.303 e. The van der Waals surface area contributed by atoms with Gasteiger partial charge in [-0.2, -0.15) is 5.01 Å². The zero-order valence-electron chi connectivity index (χ0n) is 29.9. The van der Waals surface area contributed by atoms with E-state index < -0.39 is 52.8 Å². The van der Waals surface area contributed by atoms with Crippen molar-refractivity contribution >= 4 is 35.3 Å². The van der Waals surface area contributed by atoms with E-state index in [2.05, 4.69) is 5.43 Å². The summed E-state index contributed by atoms with van der Waals surface area (Å²) in [5, 5.41) is 22.0. The van der Waals surface area contributed by atoms with Gasteiger partial charge in [0.05, 0.1) is 43.1 Å². The van der Waals surface area contributed by atoms with Crippen molar-refractivity contribution in [2.24, 2.45) is 23.7 Å². The number of phenols is 1. The van der Waals surface area contributed by atoms with Gasteiger partial charge < -0.3 is 19.7 Å². The number of hydrazine groups is 1. The lowest BCUT2D eigenvalue weighted by Crippen LogP contribution is -2.53. The van der Waals surface area contributed by atoms with Gasteiger partial charge in [0, 0.05) is 36.6 Å². The van der Waals surface area contributed by atoms with Gasteiger partial charge in [-0.1, -0.05) is 66.1 Å². The van der Waals surface area contributed by atoms with E-state index in [1.54, 1.807) is 18.2 Å². The largest absolute Gasteiger partial charge is 0.507 e. The Bertz CT molecular complexity index is 2000. The summed E-state index contributed by atoms with van der Waals surface area (Å²) in [5.74, 6) is -6.18. The third kappa shape index (κ3) is 5.80. The van der Waals surface area contributed by atoms with E-state index in [0.29, 0.717) is 41.8 Å². The SMILES string of the molecule is COc1cc(O)c([C@H]2C3=CC[C@@H]4C(=O)N(CCCCCC(=O)O)C(=O)[C@@H]4[C@@H]3C[C@H]3C(=O)N(Nc4ccc(C)cc4)C(=O)[C@@]23c2ccccc2)c(OC)c1. The molecule has 3 fully saturated rings. The van der Waals surface area contributed by atoms with Gasteiger partial charge in [0.2, 0.25) is 11.8 Å². The predicted octanol–water partition coefficient (Wildman–Crippen LogP) is 5.35. The molecular formula is C41H43N3O9. The Balaban J connectivity index is 1.38. The number of carbonyl (C=O) groups is 5. The van der Waals surface area contributed by atoms with Crippen LogP contribution in [0.2, 0.25) is 0 Å². The van der Waals surface area contributed by atoms with Crippen LogP contribution in [0.15, 0.2) is 78.4 Å². The van der Waals surface area contributed by atoms with E-state index in [9.17, 15) is 24.3 Å². The minimum atomic E-state index is -1.58. The molecule has 3 N–H and O–H groups in total. The van der Waals surface area contributed by atoms with E-state index in [1.165, 1.54) is 25.2 Å². The first-order valence-corrected chi connectivity index (χ1v) is 18.0. The number of phenolic OH excluding ortho intramolecular Hbond substituents is 1. The zero-order chi connectivity index (χ0) is 37.6. The summed E-state index contributed by atoms with van der Waals surface area (Å²) in [6.45, 7) is 2.11. The fourth-order valence-corrected chi connectivity index (χ4v) is 9.23. The number of hydrogen-bond donors (Lipinski definition) is 3. The number of anilines is 1. The number of allylic oxidation sites excluding steroid dienone is 2. The Morgan fingerprint density at radius 3 is 2.32 bits per heavy atom. The first kappa shape index (κ1) is 35.7. The smallest absolute Gasteiger partial charge is 0.303 e. The van der Waals surface area contributed by atoms with E-state index >= 15 is 4.79 Å². The van der Waals surface area contributed by atoms with Crippen LogP contribution in [-0.2, 0) is 29.4 Å². The summed E-state index contributed by atoms with van der Waals surface area (Å²) in [7, 11) is 2.92. The normalized spacial score (nSPS) is 26.2. The van der Waals surface area contributed by atoms with Gasteiger partial charge in [0.1, 0.15) is 17.2 Å². The number of aromatic hydroxyl groups is 1. The number of hydrogen-bond acceptors (Lipinski definition) is 9. The number of methoxy groups -OCH3 is 2. The molecule has 3 aromatic rings. The molecule has 3 aromatic carbocycles. The van der Waals surface area contributed by atoms with E-state index in [4.69, 9.17) is 14.6 Å². The first-order chi connectivity index (χ1) is 25.5. The van der Waals surface area contributed by atoms with E-state index in [0.717, 1.165) is 10.6 Å². The second kappa shape index (κ2) is 14.1. The summed E-state index contributed by atoms with van der Waals surface area (Å²) in [4.78, 5) is 70.7. The van der Waals surface area contributed by atoms with Crippen LogP contribution in [0.25, 0.3) is 0 Å². The summed E-state index contributed by atoms with van der Waals surface area (Å²) in [6, 6.07) is 19.5. The Labute approximate surface area is 307 Å². The maximum absolute atomic E-state index is 15.3. The number of ether oxygens (including phenoxy) is 2. The number of carboxylic acid groups (broad SMARTS) is 1. The number of amides is 4. The van der Waals surface area contributed by atoms with Gasteiger partial charge in [0.15, 0.2) is 0 Å². The van der Waals surface area contributed by atoms with Gasteiger partial charge in [-0.15, -0.1) is 0 Å². The van der Waals surface area contributed by atoms with Crippen molar-refractivity contribution in [2.75, 3.05) is 26.2 Å². The Morgan fingerprint density at radius 1 is 0.906 bits per heavy atom. The predicted molar refractivity (Wildman–Crippen MR) is 193 cm³/mol. The van der Waals surface area contributed by atoms with Crippen molar-refractivity contribution in [3.8, 4) is 17.2 Å². The van der Waals surface area contributed by atoms with Crippen molar-refractivity contribution in [3.05, 3.63) is 95.1 Å². The fraction of sp³-hybridized carbons (Fsp3) is 0.390. The van der Waals surface area contributed by atoms with Crippen LogP contribution in [-0.4, -0.2) is 70.5 Å². The molecule has 2 aliphatic carbocycles. The summed E-state index contributed by atoms with van der Waals surface area (Å²) < 4.78 is 11.3. The molecule has 12 nitrogen and oxygen atoms in total. The molecule has 2 heterocycles. The Hall–Kier alpha value is -5.65. The van der Waals surface area contributed by atoms with Crippen molar-refractivity contribution in [1.82, 2.24) is 9.91 Å². The third-order valence-electron chi connectivity index (χ3n) is 11.6. The number of benzene rings is 3. The van der Waals surface area contributed by atoms with Crippen molar-refractivity contribution in [3.63, 3.8) is 0 Å². The number of carbonyl (C=O) groups excluding carboxylic acids is 4. The number of aryl methyl sites for hydroxylation is 1. The molecule has 0 unspecified atom stereocenters. The molecule has 2 aliphatic heterocycles. The molecule has 0 bridgehead atoms. The molecule has 0 radical (unpaired) electrons. The van der Waals surface area contributed by atoms with Crippen LogP contribution < -0.4 is 14.9 Å². The number of carboxylic acids is 1. The van der Waals surface area contributed by atoms with Crippen molar-refractivity contribution < 1.29 is 43.7 Å². The number of fused-ring (bicyclic) bond motifs is 4. The fourth-order valence-electron chi connectivity index (χ4n) is 9.23. The zero-order valence-corrected chi connectivity index (χ0v) is 29.9. The average Bonchev–Trinajstić information content (AvgIpc) is 3.52. The van der Waals surface area contributed by atoms with E-state index in [-0.39, 0.29) is 54.7 Å². The summed E-state index contributed by atoms with van der Waals surface area (Å²) >= 11 is 0. The highest BCUT2D eigenvalue weighted by atomic mass is 16.5. The molecule has 0 spiro atoms. The lowest BCUT2D eigenvalue weighted by atomic mass is 9.49. The highest BCUT2D eigenvalue weighted by Gasteiger charge is 2.71. The molecule has 12 heteroatoms. The van der Waals surface area contributed by atoms with Crippen molar-refractivity contribution in [2.45, 2.75) is 56.8 Å². The van der Waals surface area contributed by atoms with Crippen LogP contribution in [0.1, 0.15) is 61.1 Å². The van der Waals surface area contributed by atoms with Crippen LogP contribution in [0, 0.1) is 30.6 Å². The van der Waals surface area contributed by atoms with Gasteiger partial charge in [-0.05, 0) is 56.2 Å². The highest BCUT2D eigenvalue weighted by Crippen LogP contribution is 2.66. The number of aliphatic carboxylic acids is 1. The van der Waals surface area contributed by atoms with Gasteiger partial charge in [-0.3, -0.25) is 34.3 Å². The second-order valence-corrected chi connectivity index (χ2v) is 14.4. The third-order valence-corrected chi connectivity index (χ3v) is 11.6. The van der Waals surface area contributed by atoms with Crippen LogP contribution in [0.4, 0.5) is 5.69 Å². The number of imide groups is 2. The molecule has 7 rings (SSSR count). The monoisotopic (exact) mass is 721 g/mol. The molecule has 276 valence electrons. The molecule has 2 saturated heterocycles. The lowest BCUT2D eigenvalue weighted by Gasteiger charge is -2.50. The number of nitrogens with one attached hydrogen (secondary N) is 1. The molecule has 4 amide bonds. The quantitative estimate of drug-likeness (QED) is 0.126. The number of unbranched alkanes of at least 4 members (excludes halogenated alkanes) is 2. The maximum atomic E-state index is 15.3. The Kier molecular flexibility index (Phi) is 9.48. The molecule has 1 saturated carbocycles. The van der Waals surface area contributed by atoms with Crippen LogP contribution in [0.5, 0.6) is 17.2 Å².